The van der Waals surface area contributed by atoms with Crippen LogP contribution in [0.3, 0.4) is 0 Å². The molecule has 1 aromatic heterocycles. The summed E-state index contributed by atoms with van der Waals surface area (Å²) in [6.07, 6.45) is 1.03. The van der Waals surface area contributed by atoms with Crippen LogP contribution in [0.2, 0.25) is 5.02 Å². The molecule has 0 saturated heterocycles. The summed E-state index contributed by atoms with van der Waals surface area (Å²) in [7, 11) is 0. The number of rotatable bonds is 3. The van der Waals surface area contributed by atoms with Crippen LogP contribution in [0.25, 0.3) is 0 Å². The number of hydrogen-bond acceptors (Lipinski definition) is 1. The highest BCUT2D eigenvalue weighted by Gasteiger charge is 2.09. The number of aryl methyl sites for hydroxylation is 1. The smallest absolute Gasteiger partial charge is 0.0663 e. The summed E-state index contributed by atoms with van der Waals surface area (Å²) in [5.41, 5.74) is 4.93. The topological polar surface area (TPSA) is 17.8 Å². The summed E-state index contributed by atoms with van der Waals surface area (Å²) in [5.74, 6) is 0. The summed E-state index contributed by atoms with van der Waals surface area (Å²) in [6, 6.07) is 7.94. The standard InChI is InChI=1S/C14H17ClN2/c1-4-14-10(2)16-17(11(14)3)9-12-6-5-7-13(15)8-12/h5-8H,4,9H2,1-3H3. The Labute approximate surface area is 107 Å². The summed E-state index contributed by atoms with van der Waals surface area (Å²) >= 11 is 5.98. The first-order valence-electron chi connectivity index (χ1n) is 5.89. The lowest BCUT2D eigenvalue weighted by Gasteiger charge is -2.05. The predicted octanol–water partition coefficient (Wildman–Crippen LogP) is 3.76. The van der Waals surface area contributed by atoms with Crippen LogP contribution in [-0.4, -0.2) is 9.78 Å². The largest absolute Gasteiger partial charge is 0.265 e. The first-order valence-corrected chi connectivity index (χ1v) is 6.27. The van der Waals surface area contributed by atoms with E-state index in [1.807, 2.05) is 18.2 Å². The minimum absolute atomic E-state index is 0.778. The van der Waals surface area contributed by atoms with Gasteiger partial charge < -0.3 is 0 Å². The Bertz CT molecular complexity index is 529. The third kappa shape index (κ3) is 2.52. The van der Waals surface area contributed by atoms with Crippen molar-refractivity contribution in [3.63, 3.8) is 0 Å². The number of nitrogens with zero attached hydrogens (tertiary/aromatic N) is 2. The van der Waals surface area contributed by atoms with E-state index in [1.54, 1.807) is 0 Å². The SMILES string of the molecule is CCc1c(C)nn(Cc2cccc(Cl)c2)c1C. The van der Waals surface area contributed by atoms with E-state index in [4.69, 9.17) is 11.6 Å². The number of halogens is 1. The van der Waals surface area contributed by atoms with Gasteiger partial charge in [-0.1, -0.05) is 30.7 Å². The van der Waals surface area contributed by atoms with Gasteiger partial charge in [-0.3, -0.25) is 4.68 Å². The van der Waals surface area contributed by atoms with Crippen LogP contribution in [0.15, 0.2) is 24.3 Å². The second-order valence-electron chi connectivity index (χ2n) is 4.29. The van der Waals surface area contributed by atoms with Crippen molar-refractivity contribution >= 4 is 11.6 Å². The quantitative estimate of drug-likeness (QED) is 0.809. The molecule has 2 aromatic rings. The molecule has 0 radical (unpaired) electrons. The lowest BCUT2D eigenvalue weighted by Crippen LogP contribution is -2.04. The number of aromatic nitrogens is 2. The summed E-state index contributed by atoms with van der Waals surface area (Å²) < 4.78 is 2.06. The molecule has 0 spiro atoms. The van der Waals surface area contributed by atoms with E-state index >= 15 is 0 Å². The highest BCUT2D eigenvalue weighted by atomic mass is 35.5. The molecule has 0 fully saturated rings. The van der Waals surface area contributed by atoms with Gasteiger partial charge in [0.25, 0.3) is 0 Å². The molecular weight excluding hydrogens is 232 g/mol. The van der Waals surface area contributed by atoms with Crippen molar-refractivity contribution in [1.29, 1.82) is 0 Å². The van der Waals surface area contributed by atoms with Gasteiger partial charge in [0, 0.05) is 10.7 Å². The molecule has 1 aromatic carbocycles. The molecule has 0 unspecified atom stereocenters. The maximum atomic E-state index is 5.98. The van der Waals surface area contributed by atoms with Crippen LogP contribution in [0.5, 0.6) is 0 Å². The van der Waals surface area contributed by atoms with Crippen LogP contribution in [0, 0.1) is 13.8 Å². The normalized spacial score (nSPS) is 10.8. The van der Waals surface area contributed by atoms with Gasteiger partial charge in [-0.15, -0.1) is 0 Å². The maximum absolute atomic E-state index is 5.98. The molecule has 17 heavy (non-hydrogen) atoms. The van der Waals surface area contributed by atoms with Crippen LogP contribution < -0.4 is 0 Å². The molecule has 0 N–H and O–H groups in total. The van der Waals surface area contributed by atoms with Gasteiger partial charge in [-0.2, -0.15) is 5.10 Å². The summed E-state index contributed by atoms with van der Waals surface area (Å²) in [6.45, 7) is 7.15. The maximum Gasteiger partial charge on any atom is 0.0663 e. The Hall–Kier alpha value is -1.28. The fourth-order valence-electron chi connectivity index (χ4n) is 2.21. The Morgan fingerprint density at radius 2 is 2.06 bits per heavy atom. The van der Waals surface area contributed by atoms with Crippen molar-refractivity contribution in [1.82, 2.24) is 9.78 Å². The summed E-state index contributed by atoms with van der Waals surface area (Å²) in [4.78, 5) is 0. The first kappa shape index (κ1) is 12.2. The van der Waals surface area contributed by atoms with Gasteiger partial charge >= 0.3 is 0 Å². The van der Waals surface area contributed by atoms with E-state index in [0.717, 1.165) is 23.7 Å². The molecule has 1 heterocycles. The monoisotopic (exact) mass is 248 g/mol. The van der Waals surface area contributed by atoms with E-state index in [1.165, 1.54) is 16.8 Å². The van der Waals surface area contributed by atoms with Gasteiger partial charge in [-0.05, 0) is 43.5 Å². The van der Waals surface area contributed by atoms with Crippen molar-refractivity contribution in [3.05, 3.63) is 51.8 Å². The highest BCUT2D eigenvalue weighted by Crippen LogP contribution is 2.16. The zero-order valence-electron chi connectivity index (χ0n) is 10.5. The van der Waals surface area contributed by atoms with Gasteiger partial charge in [0.2, 0.25) is 0 Å². The molecule has 0 aliphatic heterocycles. The molecule has 2 nitrogen and oxygen atoms in total. The van der Waals surface area contributed by atoms with E-state index in [0.29, 0.717) is 0 Å². The Balaban J connectivity index is 2.30. The number of benzene rings is 1. The van der Waals surface area contributed by atoms with Gasteiger partial charge in [-0.25, -0.2) is 0 Å². The van der Waals surface area contributed by atoms with Crippen molar-refractivity contribution in [2.75, 3.05) is 0 Å². The number of hydrogen-bond donors (Lipinski definition) is 0. The molecule has 0 aliphatic rings. The van der Waals surface area contributed by atoms with Gasteiger partial charge in [0.05, 0.1) is 12.2 Å². The van der Waals surface area contributed by atoms with Crippen LogP contribution in [-0.2, 0) is 13.0 Å². The minimum Gasteiger partial charge on any atom is -0.265 e. The Kier molecular flexibility index (Phi) is 3.53. The second-order valence-corrected chi connectivity index (χ2v) is 4.73. The van der Waals surface area contributed by atoms with Gasteiger partial charge in [0.1, 0.15) is 0 Å². The minimum atomic E-state index is 0.778. The first-order chi connectivity index (χ1) is 8.11. The molecule has 90 valence electrons. The highest BCUT2D eigenvalue weighted by molar-refractivity contribution is 6.30. The molecular formula is C14H17ClN2. The Morgan fingerprint density at radius 3 is 2.65 bits per heavy atom. The average Bonchev–Trinajstić information content (AvgIpc) is 2.54. The molecule has 0 aliphatic carbocycles. The molecule has 0 atom stereocenters. The lowest BCUT2D eigenvalue weighted by molar-refractivity contribution is 0.658. The van der Waals surface area contributed by atoms with Crippen molar-refractivity contribution in [2.45, 2.75) is 33.7 Å². The second kappa shape index (κ2) is 4.92. The third-order valence-corrected chi connectivity index (χ3v) is 3.34. The van der Waals surface area contributed by atoms with E-state index in [-0.39, 0.29) is 0 Å². The predicted molar refractivity (Wildman–Crippen MR) is 71.6 cm³/mol. The fraction of sp³-hybridized carbons (Fsp3) is 0.357. The van der Waals surface area contributed by atoms with E-state index < -0.39 is 0 Å². The van der Waals surface area contributed by atoms with Crippen LogP contribution in [0.1, 0.15) is 29.4 Å². The molecule has 0 amide bonds. The lowest BCUT2D eigenvalue weighted by atomic mass is 10.1. The van der Waals surface area contributed by atoms with Crippen molar-refractivity contribution < 1.29 is 0 Å². The molecule has 2 rings (SSSR count). The third-order valence-electron chi connectivity index (χ3n) is 3.11. The summed E-state index contributed by atoms with van der Waals surface area (Å²) in [5, 5.41) is 5.36. The van der Waals surface area contributed by atoms with E-state index in [2.05, 4.69) is 36.6 Å². The molecule has 0 bridgehead atoms. The fourth-order valence-corrected chi connectivity index (χ4v) is 2.42. The van der Waals surface area contributed by atoms with Crippen LogP contribution >= 0.6 is 11.6 Å². The van der Waals surface area contributed by atoms with Crippen LogP contribution in [0.4, 0.5) is 0 Å². The average molecular weight is 249 g/mol. The zero-order chi connectivity index (χ0) is 12.4. The zero-order valence-corrected chi connectivity index (χ0v) is 11.3. The van der Waals surface area contributed by atoms with Gasteiger partial charge in [0.15, 0.2) is 0 Å². The Morgan fingerprint density at radius 1 is 1.29 bits per heavy atom. The molecule has 3 heteroatoms. The molecule has 0 saturated carbocycles. The van der Waals surface area contributed by atoms with E-state index in [9.17, 15) is 0 Å². The van der Waals surface area contributed by atoms with Crippen molar-refractivity contribution in [3.8, 4) is 0 Å². The van der Waals surface area contributed by atoms with Crippen molar-refractivity contribution in [2.24, 2.45) is 0 Å².